The zero-order chi connectivity index (χ0) is 57.8. The average Bonchev–Trinajstić information content (AvgIpc) is 3.60. The number of nitrogens with one attached hydrogen (secondary N) is 2. The number of benzene rings is 4. The van der Waals surface area contributed by atoms with E-state index in [1.54, 1.807) is 13.8 Å². The quantitative estimate of drug-likeness (QED) is 0.0530. The van der Waals surface area contributed by atoms with Crippen molar-refractivity contribution in [2.75, 3.05) is 14.2 Å². The van der Waals surface area contributed by atoms with Gasteiger partial charge < -0.3 is 80.7 Å². The summed E-state index contributed by atoms with van der Waals surface area (Å²) in [5, 5.41) is 102. The Labute approximate surface area is 455 Å². The molecule has 0 bridgehead atoms. The number of phenols is 4. The fourth-order valence-corrected chi connectivity index (χ4v) is 11.8. The number of nitrogens with zero attached hydrogens (tertiary/aromatic N) is 2. The van der Waals surface area contributed by atoms with Gasteiger partial charge in [-0.05, 0) is 39.8 Å². The second-order valence-electron chi connectivity index (χ2n) is 21.1. The number of methoxy groups -OCH3 is 2. The van der Waals surface area contributed by atoms with Crippen molar-refractivity contribution < 1.29 is 93.2 Å². The van der Waals surface area contributed by atoms with Crippen LogP contribution in [0.5, 0.6) is 34.5 Å². The van der Waals surface area contributed by atoms with Gasteiger partial charge in [-0.1, -0.05) is 24.3 Å². The van der Waals surface area contributed by atoms with Crippen molar-refractivity contribution in [1.29, 1.82) is 0 Å². The largest absolute Gasteiger partial charge is 0.507 e. The van der Waals surface area contributed by atoms with Crippen molar-refractivity contribution in [3.8, 4) is 34.5 Å². The molecule has 12 unspecified atom stereocenters. The summed E-state index contributed by atoms with van der Waals surface area (Å²) in [4.78, 5) is 70.2. The lowest BCUT2D eigenvalue weighted by Crippen LogP contribution is -2.52. The molecule has 0 saturated carbocycles. The van der Waals surface area contributed by atoms with Crippen LogP contribution in [0.1, 0.15) is 152 Å². The molecule has 0 aromatic heterocycles. The van der Waals surface area contributed by atoms with Crippen LogP contribution >= 0.6 is 0 Å². The maximum Gasteiger partial charge on any atom is 0.355 e. The number of aliphatic hydroxyl groups excluding tert-OH is 2. The molecular weight excluding hydrogens is 1050 g/mol. The number of carbonyl (C=O) groups is 5. The normalized spacial score (nSPS) is 30.1. The number of phenolic OH excluding ortho intramolecular Hbond substituents is 4. The topological polar surface area (TPSA) is 403 Å². The summed E-state index contributed by atoms with van der Waals surface area (Å²) in [6.07, 6.45) is -11.1. The van der Waals surface area contributed by atoms with Gasteiger partial charge in [-0.25, -0.2) is 15.6 Å². The zero-order valence-corrected chi connectivity index (χ0v) is 44.1. The standard InChI is InChI=1S/C55H60N6O19/c1-19-43(62)27(56)13-33(77-19)79-31-17-54(73,15-25-37(31)51(70)41-39(47(25)66)45(64)23-9-7-11-29(75-5)35(23)49(41)68)21(3)58-60-53(72)61-59-22(4)55(74)16-26-38(32(18-55)80-34-14-28(57)44(63)20(2)78-34)52(71)42-40(48(26)67)46(65)24-10-8-12-30(76-6)36(24)50(42)69/h7-12,19-20,27-28,31-34,43-44,62-63,66-67,70-71,73-74H,13-18,56-57H2,1-6H3,(H2,60,61,72)/b58-21-,59-22+. The minimum atomic E-state index is -2.15. The molecule has 6 aliphatic rings. The first-order chi connectivity index (χ1) is 37.8. The highest BCUT2D eigenvalue weighted by Gasteiger charge is 2.51. The molecule has 25 heteroatoms. The summed E-state index contributed by atoms with van der Waals surface area (Å²) < 4.78 is 35.3. The first-order valence-corrected chi connectivity index (χ1v) is 25.7. The molecule has 2 fully saturated rings. The molecule has 2 saturated heterocycles. The van der Waals surface area contributed by atoms with Gasteiger partial charge in [-0.15, -0.1) is 0 Å². The Morgan fingerprint density at radius 1 is 0.600 bits per heavy atom. The number of fused-ring (bicyclic) bond motifs is 6. The van der Waals surface area contributed by atoms with Gasteiger partial charge in [0.25, 0.3) is 0 Å². The van der Waals surface area contributed by atoms with Gasteiger partial charge in [0.05, 0.1) is 95.6 Å². The van der Waals surface area contributed by atoms with Gasteiger partial charge in [0.15, 0.2) is 24.1 Å². The third kappa shape index (κ3) is 9.02. The van der Waals surface area contributed by atoms with E-state index >= 15 is 0 Å². The predicted molar refractivity (Wildman–Crippen MR) is 277 cm³/mol. The summed E-state index contributed by atoms with van der Waals surface area (Å²) in [5.74, 6) is -6.14. The first kappa shape index (κ1) is 55.9. The van der Waals surface area contributed by atoms with Crippen LogP contribution in [0, 0.1) is 0 Å². The highest BCUT2D eigenvalue weighted by atomic mass is 16.7. The maximum atomic E-state index is 14.2. The molecule has 12 atom stereocenters. The Bertz CT molecular complexity index is 3140. The minimum absolute atomic E-state index is 0.0429. The highest BCUT2D eigenvalue weighted by Crippen LogP contribution is 2.55. The molecule has 2 heterocycles. The molecule has 80 heavy (non-hydrogen) atoms. The van der Waals surface area contributed by atoms with E-state index in [4.69, 9.17) is 39.9 Å². The summed E-state index contributed by atoms with van der Waals surface area (Å²) in [6.45, 7) is 5.78. The lowest BCUT2D eigenvalue weighted by atomic mass is 9.71. The van der Waals surface area contributed by atoms with Crippen LogP contribution in [0.2, 0.25) is 0 Å². The number of aliphatic hydroxyl groups is 4. The van der Waals surface area contributed by atoms with Gasteiger partial charge in [0.1, 0.15) is 45.7 Å². The number of hydrazone groups is 2. The minimum Gasteiger partial charge on any atom is -0.507 e. The third-order valence-corrected chi connectivity index (χ3v) is 16.3. The molecule has 4 aromatic rings. The molecule has 2 amide bonds. The number of hydrogen-bond acceptors (Lipinski definition) is 23. The smallest absolute Gasteiger partial charge is 0.355 e. The zero-order valence-electron chi connectivity index (χ0n) is 44.1. The molecular formula is C55H60N6O19. The fourth-order valence-electron chi connectivity index (χ4n) is 11.8. The van der Waals surface area contributed by atoms with Crippen molar-refractivity contribution in [2.45, 2.75) is 139 Å². The van der Waals surface area contributed by atoms with Crippen LogP contribution in [0.4, 0.5) is 4.79 Å². The monoisotopic (exact) mass is 1110 g/mol. The molecule has 4 aromatic carbocycles. The summed E-state index contributed by atoms with van der Waals surface area (Å²) in [7, 11) is 2.60. The Kier molecular flexibility index (Phi) is 14.4. The average molecular weight is 1110 g/mol. The Hall–Kier alpha value is -7.43. The van der Waals surface area contributed by atoms with Gasteiger partial charge >= 0.3 is 6.03 Å². The van der Waals surface area contributed by atoms with Crippen LogP contribution < -0.4 is 31.8 Å². The van der Waals surface area contributed by atoms with Crippen molar-refractivity contribution in [3.63, 3.8) is 0 Å². The van der Waals surface area contributed by atoms with Crippen LogP contribution in [0.15, 0.2) is 46.6 Å². The molecule has 25 nitrogen and oxygen atoms in total. The van der Waals surface area contributed by atoms with Crippen molar-refractivity contribution in [2.24, 2.45) is 21.7 Å². The SMILES string of the molecule is COc1cccc2c1C(=O)c1c(O)c3c(c(O)c1C2=O)CC(O)(/C(C)=N\NC(=O)N/N=C(\C)C1(O)Cc2c(O)c4c(c(O)c2C(OC2CC(N)C(O)C(C)O2)C1)C(=O)c1c(OC)cccc1C4=O)CC3OC1CC(N)C(O)C(C)O1. The predicted octanol–water partition coefficient (Wildman–Crippen LogP) is 1.94. The lowest BCUT2D eigenvalue weighted by Gasteiger charge is -2.42. The Morgan fingerprint density at radius 2 is 0.963 bits per heavy atom. The number of carbonyl (C=O) groups excluding carboxylic acids is 5. The van der Waals surface area contributed by atoms with Gasteiger partial charge in [0, 0.05) is 84.0 Å². The van der Waals surface area contributed by atoms with E-state index in [-0.39, 0.29) is 80.3 Å². The number of ether oxygens (including phenoxy) is 6. The molecule has 0 spiro atoms. The van der Waals surface area contributed by atoms with Gasteiger partial charge in [-0.2, -0.15) is 10.2 Å². The van der Waals surface area contributed by atoms with E-state index in [1.165, 1.54) is 64.5 Å². The Balaban J connectivity index is 0.946. The maximum absolute atomic E-state index is 14.2. The third-order valence-electron chi connectivity index (χ3n) is 16.3. The number of hydrogen-bond donors (Lipinski definition) is 12. The van der Waals surface area contributed by atoms with E-state index in [1.807, 2.05) is 0 Å². The van der Waals surface area contributed by atoms with Gasteiger partial charge in [0.2, 0.25) is 11.6 Å². The van der Waals surface area contributed by atoms with Crippen LogP contribution in [0.25, 0.3) is 0 Å². The molecule has 14 N–H and O–H groups in total. The summed E-state index contributed by atoms with van der Waals surface area (Å²) >= 11 is 0. The summed E-state index contributed by atoms with van der Waals surface area (Å²) in [6, 6.07) is 5.82. The highest BCUT2D eigenvalue weighted by molar-refractivity contribution is 6.32. The second-order valence-corrected chi connectivity index (χ2v) is 21.1. The number of amides is 2. The number of ketones is 4. The number of aromatic hydroxyl groups is 4. The molecule has 4 aliphatic carbocycles. The first-order valence-electron chi connectivity index (χ1n) is 25.7. The molecule has 424 valence electrons. The van der Waals surface area contributed by atoms with Crippen molar-refractivity contribution in [1.82, 2.24) is 10.9 Å². The van der Waals surface area contributed by atoms with E-state index in [0.29, 0.717) is 0 Å². The number of urea groups is 1. The van der Waals surface area contributed by atoms with Crippen LogP contribution in [0.3, 0.4) is 0 Å². The molecule has 10 rings (SSSR count). The number of nitrogens with two attached hydrogens (primary N) is 2. The van der Waals surface area contributed by atoms with E-state index in [2.05, 4.69) is 21.1 Å². The van der Waals surface area contributed by atoms with E-state index in [9.17, 15) is 64.8 Å². The van der Waals surface area contributed by atoms with E-state index in [0.717, 1.165) is 0 Å². The van der Waals surface area contributed by atoms with E-state index < -0.39 is 173 Å². The lowest BCUT2D eigenvalue weighted by molar-refractivity contribution is -0.246. The summed E-state index contributed by atoms with van der Waals surface area (Å²) in [5.41, 5.74) is 8.83. The molecule has 2 aliphatic heterocycles. The van der Waals surface area contributed by atoms with Crippen LogP contribution in [-0.4, -0.2) is 156 Å². The Morgan fingerprint density at radius 3 is 1.31 bits per heavy atom. The van der Waals surface area contributed by atoms with Crippen LogP contribution in [-0.2, 0) is 31.8 Å². The molecule has 0 radical (unpaired) electrons. The van der Waals surface area contributed by atoms with Crippen molar-refractivity contribution >= 4 is 40.6 Å². The fraction of sp³-hybridized carbons (Fsp3) is 0.436. The second kappa shape index (κ2) is 20.6. The number of rotatable bonds is 10. The van der Waals surface area contributed by atoms with Crippen molar-refractivity contribution in [3.05, 3.63) is 103 Å². The van der Waals surface area contributed by atoms with Gasteiger partial charge in [-0.3, -0.25) is 19.2 Å².